The van der Waals surface area contributed by atoms with E-state index in [-0.39, 0.29) is 30.5 Å². The van der Waals surface area contributed by atoms with Crippen molar-refractivity contribution in [1.82, 2.24) is 10.2 Å². The lowest BCUT2D eigenvalue weighted by Crippen LogP contribution is -2.38. The Labute approximate surface area is 158 Å². The number of hydrogen-bond donors (Lipinski definition) is 1. The maximum atomic E-state index is 12.4. The van der Waals surface area contributed by atoms with Crippen molar-refractivity contribution in [3.63, 3.8) is 0 Å². The van der Waals surface area contributed by atoms with Crippen LogP contribution in [0.3, 0.4) is 0 Å². The number of sulfone groups is 1. The van der Waals surface area contributed by atoms with Gasteiger partial charge in [0.2, 0.25) is 5.91 Å². The number of nitrogens with one attached hydrogen (secondary N) is 1. The van der Waals surface area contributed by atoms with E-state index in [1.54, 1.807) is 6.08 Å². The van der Waals surface area contributed by atoms with Crippen LogP contribution in [0.5, 0.6) is 0 Å². The topological polar surface area (TPSA) is 83.6 Å². The fourth-order valence-corrected chi connectivity index (χ4v) is 5.62. The molecule has 1 fully saturated rings. The maximum Gasteiger partial charge on any atom is 0.266 e. The molecule has 0 spiro atoms. The van der Waals surface area contributed by atoms with E-state index in [1.807, 2.05) is 17.5 Å². The molecule has 1 atom stereocenters. The van der Waals surface area contributed by atoms with Crippen LogP contribution in [0.2, 0.25) is 0 Å². The molecule has 2 aliphatic rings. The number of carbonyl (C=O) groups excluding carboxylic acids is 2. The third-order valence-electron chi connectivity index (χ3n) is 3.53. The van der Waals surface area contributed by atoms with Crippen molar-refractivity contribution in [2.45, 2.75) is 12.5 Å². The van der Waals surface area contributed by atoms with Gasteiger partial charge < -0.3 is 5.32 Å². The van der Waals surface area contributed by atoms with Crippen LogP contribution in [-0.4, -0.2) is 47.8 Å². The Morgan fingerprint density at radius 1 is 1.48 bits per heavy atom. The molecule has 0 bridgehead atoms. The number of nitrogens with zero attached hydrogens (tertiary/aromatic N) is 1. The molecule has 0 unspecified atom stereocenters. The van der Waals surface area contributed by atoms with Gasteiger partial charge in [0.1, 0.15) is 4.32 Å². The predicted molar refractivity (Wildman–Crippen MR) is 104 cm³/mol. The van der Waals surface area contributed by atoms with Crippen molar-refractivity contribution in [1.29, 1.82) is 0 Å². The van der Waals surface area contributed by atoms with Gasteiger partial charge in [-0.1, -0.05) is 30.0 Å². The van der Waals surface area contributed by atoms with E-state index in [2.05, 4.69) is 5.32 Å². The summed E-state index contributed by atoms with van der Waals surface area (Å²) in [4.78, 5) is 27.3. The van der Waals surface area contributed by atoms with E-state index >= 15 is 0 Å². The zero-order chi connectivity index (χ0) is 18.0. The summed E-state index contributed by atoms with van der Waals surface area (Å²) in [5.41, 5.74) is 0. The molecular formula is C15H14N2O4S4. The zero-order valence-electron chi connectivity index (χ0n) is 12.9. The molecule has 1 aromatic heterocycles. The quantitative estimate of drug-likeness (QED) is 0.584. The van der Waals surface area contributed by atoms with Crippen molar-refractivity contribution in [2.75, 3.05) is 12.3 Å². The fourth-order valence-electron chi connectivity index (χ4n) is 2.35. The monoisotopic (exact) mass is 414 g/mol. The molecule has 25 heavy (non-hydrogen) atoms. The van der Waals surface area contributed by atoms with Gasteiger partial charge in [0.15, 0.2) is 9.84 Å². The van der Waals surface area contributed by atoms with Crippen LogP contribution in [0.25, 0.3) is 6.08 Å². The first-order valence-electron chi connectivity index (χ1n) is 7.33. The van der Waals surface area contributed by atoms with Gasteiger partial charge in [0, 0.05) is 23.3 Å². The van der Waals surface area contributed by atoms with Crippen LogP contribution in [0.4, 0.5) is 0 Å². The summed E-state index contributed by atoms with van der Waals surface area (Å²) in [6.45, 7) is 0.168. The molecule has 1 N–H and O–H groups in total. The molecule has 10 heteroatoms. The molecule has 0 saturated carbocycles. The number of hydrogen-bond acceptors (Lipinski definition) is 7. The highest BCUT2D eigenvalue weighted by atomic mass is 32.2. The Bertz CT molecular complexity index is 871. The normalized spacial score (nSPS) is 23.6. The number of amides is 2. The molecule has 3 heterocycles. The first-order chi connectivity index (χ1) is 11.8. The van der Waals surface area contributed by atoms with Crippen molar-refractivity contribution in [2.24, 2.45) is 0 Å². The van der Waals surface area contributed by atoms with Crippen LogP contribution in [0.15, 0.2) is 33.9 Å². The lowest BCUT2D eigenvalue weighted by atomic mass is 10.3. The highest BCUT2D eigenvalue weighted by Crippen LogP contribution is 2.33. The van der Waals surface area contributed by atoms with Crippen molar-refractivity contribution in [3.8, 4) is 0 Å². The van der Waals surface area contributed by atoms with E-state index < -0.39 is 15.9 Å². The SMILES string of the molecule is O=C(CCN1C(=O)/C(=C/c2cccs2)SC1=S)N[C@H]1C=CS(=O)(=O)C1. The van der Waals surface area contributed by atoms with Gasteiger partial charge in [-0.15, -0.1) is 11.3 Å². The minimum Gasteiger partial charge on any atom is -0.349 e. The summed E-state index contributed by atoms with van der Waals surface area (Å²) in [5, 5.41) is 5.66. The lowest BCUT2D eigenvalue weighted by molar-refractivity contribution is -0.124. The van der Waals surface area contributed by atoms with Crippen LogP contribution >= 0.6 is 35.3 Å². The van der Waals surface area contributed by atoms with E-state index in [9.17, 15) is 18.0 Å². The van der Waals surface area contributed by atoms with Crippen LogP contribution in [0, 0.1) is 0 Å². The minimum absolute atomic E-state index is 0.0586. The Morgan fingerprint density at radius 2 is 2.28 bits per heavy atom. The van der Waals surface area contributed by atoms with Gasteiger partial charge in [0.25, 0.3) is 5.91 Å². The van der Waals surface area contributed by atoms with Crippen LogP contribution in [0.1, 0.15) is 11.3 Å². The Kier molecular flexibility index (Phi) is 5.42. The second-order valence-corrected chi connectivity index (χ2v) is 10.0. The van der Waals surface area contributed by atoms with Crippen LogP contribution < -0.4 is 5.32 Å². The molecule has 3 rings (SSSR count). The fraction of sp³-hybridized carbons (Fsp3) is 0.267. The molecule has 0 radical (unpaired) electrons. The lowest BCUT2D eigenvalue weighted by Gasteiger charge is -2.15. The molecule has 1 saturated heterocycles. The van der Waals surface area contributed by atoms with E-state index in [0.717, 1.165) is 10.3 Å². The Hall–Kier alpha value is -1.49. The van der Waals surface area contributed by atoms with Gasteiger partial charge in [-0.3, -0.25) is 14.5 Å². The van der Waals surface area contributed by atoms with E-state index in [0.29, 0.717) is 9.23 Å². The summed E-state index contributed by atoms with van der Waals surface area (Å²) < 4.78 is 23.1. The van der Waals surface area contributed by atoms with Gasteiger partial charge in [-0.25, -0.2) is 8.42 Å². The number of thiophene rings is 1. The third kappa shape index (κ3) is 4.57. The molecule has 2 aliphatic heterocycles. The van der Waals surface area contributed by atoms with Gasteiger partial charge in [-0.2, -0.15) is 0 Å². The molecule has 132 valence electrons. The summed E-state index contributed by atoms with van der Waals surface area (Å²) in [5.74, 6) is -0.647. The van der Waals surface area contributed by atoms with E-state index in [4.69, 9.17) is 12.2 Å². The van der Waals surface area contributed by atoms with Crippen molar-refractivity contribution < 1.29 is 18.0 Å². The summed E-state index contributed by atoms with van der Waals surface area (Å²) in [6.07, 6.45) is 3.30. The highest BCUT2D eigenvalue weighted by molar-refractivity contribution is 8.26. The van der Waals surface area contributed by atoms with Gasteiger partial charge in [0.05, 0.1) is 16.7 Å². The highest BCUT2D eigenvalue weighted by Gasteiger charge is 2.32. The largest absolute Gasteiger partial charge is 0.349 e. The zero-order valence-corrected chi connectivity index (χ0v) is 16.1. The molecule has 1 aromatic rings. The Morgan fingerprint density at radius 3 is 2.92 bits per heavy atom. The van der Waals surface area contributed by atoms with Gasteiger partial charge in [-0.05, 0) is 23.6 Å². The number of carbonyl (C=O) groups is 2. The summed E-state index contributed by atoms with van der Waals surface area (Å²) >= 11 is 7.97. The number of thiocarbonyl (C=S) groups is 1. The molecule has 0 aromatic carbocycles. The number of thioether (sulfide) groups is 1. The van der Waals surface area contributed by atoms with Gasteiger partial charge >= 0.3 is 0 Å². The second-order valence-electron chi connectivity index (χ2n) is 5.43. The van der Waals surface area contributed by atoms with Crippen molar-refractivity contribution >= 4 is 67.4 Å². The van der Waals surface area contributed by atoms with E-state index in [1.165, 1.54) is 34.1 Å². The predicted octanol–water partition coefficient (Wildman–Crippen LogP) is 1.77. The number of rotatable bonds is 5. The average Bonchev–Trinajstić information content (AvgIpc) is 3.21. The summed E-state index contributed by atoms with van der Waals surface area (Å²) in [7, 11) is -3.21. The van der Waals surface area contributed by atoms with Crippen molar-refractivity contribution in [3.05, 3.63) is 38.8 Å². The minimum atomic E-state index is -3.21. The average molecular weight is 415 g/mol. The first kappa shape index (κ1) is 18.3. The standard InChI is InChI=1S/C15H14N2O4S4/c18-13(16-10-4-7-25(20,21)9-10)3-5-17-14(19)12(24-15(17)22)8-11-2-1-6-23-11/h1-2,4,6-8,10H,3,5,9H2,(H,16,18)/b12-8-/t10-/m0/s1. The molecule has 6 nitrogen and oxygen atoms in total. The summed E-state index contributed by atoms with van der Waals surface area (Å²) in [6, 6.07) is 3.30. The Balaban J connectivity index is 1.54. The maximum absolute atomic E-state index is 12.4. The smallest absolute Gasteiger partial charge is 0.266 e. The second kappa shape index (κ2) is 7.40. The van der Waals surface area contributed by atoms with Crippen LogP contribution in [-0.2, 0) is 19.4 Å². The molecule has 0 aliphatic carbocycles. The molecule has 2 amide bonds. The third-order valence-corrected chi connectivity index (χ3v) is 7.12. The first-order valence-corrected chi connectivity index (χ1v) is 11.2. The molecular weight excluding hydrogens is 400 g/mol.